The topological polar surface area (TPSA) is 77.2 Å². The summed E-state index contributed by atoms with van der Waals surface area (Å²) in [7, 11) is 0. The lowest BCUT2D eigenvalue weighted by Crippen LogP contribution is -2.24. The van der Waals surface area contributed by atoms with Crippen molar-refractivity contribution in [3.63, 3.8) is 0 Å². The Morgan fingerprint density at radius 1 is 1.60 bits per heavy atom. The van der Waals surface area contributed by atoms with Crippen molar-refractivity contribution in [2.45, 2.75) is 12.2 Å². The van der Waals surface area contributed by atoms with Crippen LogP contribution < -0.4 is 11.1 Å². The van der Waals surface area contributed by atoms with Crippen LogP contribution in [0, 0.1) is 0 Å². The number of rotatable bonds is 5. The Labute approximate surface area is 127 Å². The van der Waals surface area contributed by atoms with Gasteiger partial charge in [-0.1, -0.05) is 0 Å². The summed E-state index contributed by atoms with van der Waals surface area (Å²) in [4.78, 5) is 16.0. The molecule has 5 nitrogen and oxygen atoms in total. The van der Waals surface area contributed by atoms with Crippen molar-refractivity contribution in [2.75, 3.05) is 41.5 Å². The second-order valence-electron chi connectivity index (χ2n) is 4.29. The number of ether oxygens (including phenoxy) is 1. The zero-order valence-electron chi connectivity index (χ0n) is 11.4. The van der Waals surface area contributed by atoms with E-state index in [0.717, 1.165) is 12.3 Å². The quantitative estimate of drug-likeness (QED) is 0.806. The predicted octanol–water partition coefficient (Wildman–Crippen LogP) is 2.10. The fourth-order valence-electron chi connectivity index (χ4n) is 1.87. The lowest BCUT2D eigenvalue weighted by Gasteiger charge is -2.21. The first kappa shape index (κ1) is 15.3. The van der Waals surface area contributed by atoms with E-state index in [2.05, 4.69) is 10.3 Å². The van der Waals surface area contributed by atoms with Gasteiger partial charge in [0.1, 0.15) is 5.82 Å². The van der Waals surface area contributed by atoms with E-state index in [1.165, 1.54) is 11.5 Å². The molecule has 20 heavy (non-hydrogen) atoms. The highest BCUT2D eigenvalue weighted by molar-refractivity contribution is 8.06. The highest BCUT2D eigenvalue weighted by Gasteiger charge is 2.17. The monoisotopic (exact) mass is 313 g/mol. The van der Waals surface area contributed by atoms with Gasteiger partial charge in [-0.3, -0.25) is 0 Å². The lowest BCUT2D eigenvalue weighted by atomic mass is 10.2. The number of carbonyl (C=O) groups excluding carboxylic acids is 1. The molecule has 0 bridgehead atoms. The second kappa shape index (κ2) is 7.64. The van der Waals surface area contributed by atoms with Gasteiger partial charge in [-0.15, -0.1) is 0 Å². The molecule has 1 aliphatic rings. The molecule has 1 atom stereocenters. The van der Waals surface area contributed by atoms with Crippen LogP contribution in [0.25, 0.3) is 0 Å². The molecular weight excluding hydrogens is 294 g/mol. The molecule has 110 valence electrons. The van der Waals surface area contributed by atoms with Crippen molar-refractivity contribution in [2.24, 2.45) is 0 Å². The zero-order valence-corrected chi connectivity index (χ0v) is 13.1. The molecule has 7 heteroatoms. The van der Waals surface area contributed by atoms with Gasteiger partial charge >= 0.3 is 5.97 Å². The maximum absolute atomic E-state index is 11.8. The number of anilines is 2. The summed E-state index contributed by atoms with van der Waals surface area (Å²) in [5.74, 6) is 3.70. The summed E-state index contributed by atoms with van der Waals surface area (Å²) in [5, 5.41) is 3.80. The third kappa shape index (κ3) is 3.96. The fraction of sp³-hybridized carbons (Fsp3) is 0.538. The minimum Gasteiger partial charge on any atom is -0.462 e. The summed E-state index contributed by atoms with van der Waals surface area (Å²) in [6.45, 7) is 2.91. The van der Waals surface area contributed by atoms with Crippen molar-refractivity contribution in [3.8, 4) is 0 Å². The van der Waals surface area contributed by atoms with E-state index >= 15 is 0 Å². The molecule has 1 aromatic heterocycles. The van der Waals surface area contributed by atoms with Gasteiger partial charge in [0.05, 0.1) is 17.9 Å². The van der Waals surface area contributed by atoms with E-state index in [1.54, 1.807) is 19.2 Å². The molecule has 2 heterocycles. The Kier molecular flexibility index (Phi) is 5.85. The molecule has 1 unspecified atom stereocenters. The highest BCUT2D eigenvalue weighted by Crippen LogP contribution is 2.26. The van der Waals surface area contributed by atoms with Crippen molar-refractivity contribution in [3.05, 3.63) is 17.8 Å². The molecule has 1 aromatic rings. The van der Waals surface area contributed by atoms with E-state index < -0.39 is 5.97 Å². The molecular formula is C13H19N3O2S2. The molecule has 0 aromatic carbocycles. The SMILES string of the molecule is CCOC(=O)c1ccnc(NCC2CSCCS2)c1N. The molecule has 1 saturated heterocycles. The minimum absolute atomic E-state index is 0.333. The van der Waals surface area contributed by atoms with Crippen LogP contribution in [0.1, 0.15) is 17.3 Å². The summed E-state index contributed by atoms with van der Waals surface area (Å²) in [6, 6.07) is 1.59. The number of hydrogen-bond donors (Lipinski definition) is 2. The number of nitrogens with two attached hydrogens (primary N) is 1. The van der Waals surface area contributed by atoms with Crippen LogP contribution in [0.15, 0.2) is 12.3 Å². The molecule has 0 amide bonds. The number of thioether (sulfide) groups is 2. The van der Waals surface area contributed by atoms with Crippen molar-refractivity contribution < 1.29 is 9.53 Å². The number of esters is 1. The van der Waals surface area contributed by atoms with Gasteiger partial charge in [0.25, 0.3) is 0 Å². The molecule has 0 spiro atoms. The Morgan fingerprint density at radius 2 is 2.45 bits per heavy atom. The summed E-state index contributed by atoms with van der Waals surface area (Å²) in [5.41, 5.74) is 6.72. The first-order valence-corrected chi connectivity index (χ1v) is 8.77. The third-order valence-corrected chi connectivity index (χ3v) is 5.71. The first-order valence-electron chi connectivity index (χ1n) is 6.57. The van der Waals surface area contributed by atoms with Gasteiger partial charge in [0.15, 0.2) is 0 Å². The molecule has 0 saturated carbocycles. The third-order valence-electron chi connectivity index (χ3n) is 2.87. The second-order valence-corrected chi connectivity index (χ2v) is 6.85. The number of nitrogens with zero attached hydrogens (tertiary/aromatic N) is 1. The standard InChI is InChI=1S/C13H19N3O2S2/c1-2-18-13(17)10-3-4-15-12(11(10)14)16-7-9-8-19-5-6-20-9/h3-4,9H,2,5-8,14H2,1H3,(H,15,16). The molecule has 1 aliphatic heterocycles. The van der Waals surface area contributed by atoms with Crippen LogP contribution in [0.3, 0.4) is 0 Å². The number of nitrogens with one attached hydrogen (secondary N) is 1. The van der Waals surface area contributed by atoms with Crippen LogP contribution in [-0.4, -0.2) is 46.6 Å². The molecule has 2 rings (SSSR count). The number of aromatic nitrogens is 1. The average molecular weight is 313 g/mol. The molecule has 1 fully saturated rings. The largest absolute Gasteiger partial charge is 0.462 e. The normalized spacial score (nSPS) is 18.6. The number of nitrogen functional groups attached to an aromatic ring is 1. The Morgan fingerprint density at radius 3 is 3.15 bits per heavy atom. The van der Waals surface area contributed by atoms with E-state index in [9.17, 15) is 4.79 Å². The Bertz CT molecular complexity index is 465. The van der Waals surface area contributed by atoms with Crippen LogP contribution in [-0.2, 0) is 4.74 Å². The van der Waals surface area contributed by atoms with Crippen LogP contribution in [0.4, 0.5) is 11.5 Å². The van der Waals surface area contributed by atoms with Crippen LogP contribution >= 0.6 is 23.5 Å². The minimum atomic E-state index is -0.405. The van der Waals surface area contributed by atoms with Crippen molar-refractivity contribution in [1.82, 2.24) is 4.98 Å². The zero-order chi connectivity index (χ0) is 14.4. The summed E-state index contributed by atoms with van der Waals surface area (Å²) >= 11 is 3.93. The average Bonchev–Trinajstić information content (AvgIpc) is 2.47. The van der Waals surface area contributed by atoms with Crippen molar-refractivity contribution in [1.29, 1.82) is 0 Å². The Hall–Kier alpha value is -1.08. The van der Waals surface area contributed by atoms with Gasteiger partial charge in [-0.25, -0.2) is 9.78 Å². The number of hydrogen-bond acceptors (Lipinski definition) is 7. The molecule has 3 N–H and O–H groups in total. The fourth-order valence-corrected chi connectivity index (χ4v) is 4.48. The summed E-state index contributed by atoms with van der Waals surface area (Å²) < 4.78 is 4.98. The van der Waals surface area contributed by atoms with E-state index in [0.29, 0.717) is 28.9 Å². The van der Waals surface area contributed by atoms with Gasteiger partial charge < -0.3 is 15.8 Å². The lowest BCUT2D eigenvalue weighted by molar-refractivity contribution is 0.0527. The van der Waals surface area contributed by atoms with Crippen LogP contribution in [0.5, 0.6) is 0 Å². The van der Waals surface area contributed by atoms with E-state index in [1.807, 2.05) is 23.5 Å². The van der Waals surface area contributed by atoms with E-state index in [-0.39, 0.29) is 0 Å². The first-order chi connectivity index (χ1) is 9.72. The van der Waals surface area contributed by atoms with Gasteiger partial charge in [0, 0.05) is 35.3 Å². The summed E-state index contributed by atoms with van der Waals surface area (Å²) in [6.07, 6.45) is 1.58. The smallest absolute Gasteiger partial charge is 0.340 e. The van der Waals surface area contributed by atoms with Crippen LogP contribution in [0.2, 0.25) is 0 Å². The Balaban J connectivity index is 2.00. The molecule has 0 radical (unpaired) electrons. The maximum atomic E-state index is 11.8. The predicted molar refractivity (Wildman–Crippen MR) is 86.7 cm³/mol. The van der Waals surface area contributed by atoms with Crippen molar-refractivity contribution >= 4 is 41.0 Å². The van der Waals surface area contributed by atoms with E-state index in [4.69, 9.17) is 10.5 Å². The maximum Gasteiger partial charge on any atom is 0.340 e. The van der Waals surface area contributed by atoms with Gasteiger partial charge in [-0.2, -0.15) is 23.5 Å². The molecule has 0 aliphatic carbocycles. The highest BCUT2D eigenvalue weighted by atomic mass is 32.2. The number of pyridine rings is 1. The number of carbonyl (C=O) groups is 1. The van der Waals surface area contributed by atoms with Gasteiger partial charge in [-0.05, 0) is 13.0 Å². The van der Waals surface area contributed by atoms with Gasteiger partial charge in [0.2, 0.25) is 0 Å².